The molecule has 0 aliphatic rings. The van der Waals surface area contributed by atoms with Gasteiger partial charge in [0.15, 0.2) is 0 Å². The van der Waals surface area contributed by atoms with Crippen molar-refractivity contribution in [2.45, 2.75) is 13.3 Å². The van der Waals surface area contributed by atoms with Crippen molar-refractivity contribution in [3.8, 4) is 10.4 Å². The van der Waals surface area contributed by atoms with Crippen LogP contribution in [0.4, 0.5) is 14.5 Å². The van der Waals surface area contributed by atoms with Crippen LogP contribution in [0.15, 0.2) is 18.2 Å². The minimum Gasteiger partial charge on any atom is -0.477 e. The zero-order chi connectivity index (χ0) is 14.2. The summed E-state index contributed by atoms with van der Waals surface area (Å²) < 4.78 is 27.5. The smallest absolute Gasteiger partial charge is 0.348 e. The van der Waals surface area contributed by atoms with Gasteiger partial charge >= 0.3 is 5.97 Å². The first-order chi connectivity index (χ1) is 8.97. The van der Waals surface area contributed by atoms with E-state index in [-0.39, 0.29) is 21.0 Å². The van der Waals surface area contributed by atoms with E-state index in [0.717, 1.165) is 23.5 Å². The third-order valence-corrected chi connectivity index (χ3v) is 4.04. The van der Waals surface area contributed by atoms with E-state index >= 15 is 0 Å². The number of aromatic carboxylic acids is 1. The van der Waals surface area contributed by atoms with Gasteiger partial charge in [-0.2, -0.15) is 0 Å². The number of thiophene rings is 1. The Kier molecular flexibility index (Phi) is 3.53. The lowest BCUT2D eigenvalue weighted by molar-refractivity contribution is 0.0703. The molecule has 0 atom stereocenters. The van der Waals surface area contributed by atoms with Crippen molar-refractivity contribution >= 4 is 23.0 Å². The van der Waals surface area contributed by atoms with Gasteiger partial charge in [-0.1, -0.05) is 13.0 Å². The van der Waals surface area contributed by atoms with E-state index in [1.807, 2.05) is 0 Å². The predicted molar refractivity (Wildman–Crippen MR) is 70.4 cm³/mol. The van der Waals surface area contributed by atoms with E-state index in [2.05, 4.69) is 0 Å². The molecule has 2 rings (SSSR count). The Labute approximate surface area is 112 Å². The maximum absolute atomic E-state index is 13.8. The molecule has 100 valence electrons. The average Bonchev–Trinajstić information content (AvgIpc) is 2.66. The second kappa shape index (κ2) is 4.97. The monoisotopic (exact) mass is 283 g/mol. The second-order valence-electron chi connectivity index (χ2n) is 3.91. The number of nitrogens with two attached hydrogens (primary N) is 1. The Morgan fingerprint density at radius 1 is 1.37 bits per heavy atom. The van der Waals surface area contributed by atoms with Crippen LogP contribution in [0.5, 0.6) is 0 Å². The van der Waals surface area contributed by atoms with Gasteiger partial charge in [0, 0.05) is 4.88 Å². The lowest BCUT2D eigenvalue weighted by Crippen LogP contribution is -1.99. The lowest BCUT2D eigenvalue weighted by atomic mass is 10.0. The van der Waals surface area contributed by atoms with E-state index in [1.165, 1.54) is 6.07 Å². The molecule has 6 heteroatoms. The third kappa shape index (κ3) is 2.19. The fourth-order valence-corrected chi connectivity index (χ4v) is 3.10. The summed E-state index contributed by atoms with van der Waals surface area (Å²) in [7, 11) is 0. The van der Waals surface area contributed by atoms with Crippen LogP contribution in [0.3, 0.4) is 0 Å². The molecule has 1 heterocycles. The van der Waals surface area contributed by atoms with Crippen molar-refractivity contribution in [3.05, 3.63) is 40.3 Å². The topological polar surface area (TPSA) is 63.3 Å². The van der Waals surface area contributed by atoms with Crippen LogP contribution in [0, 0.1) is 11.6 Å². The summed E-state index contributed by atoms with van der Waals surface area (Å²) in [6, 6.07) is 3.53. The van der Waals surface area contributed by atoms with Crippen molar-refractivity contribution in [2.24, 2.45) is 0 Å². The van der Waals surface area contributed by atoms with Crippen molar-refractivity contribution in [3.63, 3.8) is 0 Å². The second-order valence-corrected chi connectivity index (χ2v) is 4.93. The number of nitrogen functional groups attached to an aromatic ring is 1. The Hall–Kier alpha value is -1.95. The van der Waals surface area contributed by atoms with Gasteiger partial charge in [-0.25, -0.2) is 13.6 Å². The van der Waals surface area contributed by atoms with Crippen LogP contribution < -0.4 is 5.73 Å². The minimum absolute atomic E-state index is 0.0812. The van der Waals surface area contributed by atoms with Gasteiger partial charge in [-0.05, 0) is 24.1 Å². The normalized spacial score (nSPS) is 10.7. The van der Waals surface area contributed by atoms with Crippen LogP contribution in [0.2, 0.25) is 0 Å². The summed E-state index contributed by atoms with van der Waals surface area (Å²) in [6.45, 7) is 1.76. The molecule has 1 aromatic heterocycles. The summed E-state index contributed by atoms with van der Waals surface area (Å²) in [4.78, 5) is 11.2. The van der Waals surface area contributed by atoms with Gasteiger partial charge in [0.1, 0.15) is 16.5 Å². The van der Waals surface area contributed by atoms with Crippen molar-refractivity contribution < 1.29 is 18.7 Å². The molecule has 0 unspecified atom stereocenters. The number of carboxylic acid groups (broad SMARTS) is 1. The van der Waals surface area contributed by atoms with E-state index in [4.69, 9.17) is 10.8 Å². The number of carbonyl (C=O) groups is 1. The standard InChI is InChI=1S/C13H11F2NO2S/c1-2-6-10(16)12(13(17)18)19-11(6)9-7(14)4-3-5-8(9)15/h3-5H,2,16H2,1H3,(H,17,18). The quantitative estimate of drug-likeness (QED) is 0.905. The first-order valence-corrected chi connectivity index (χ1v) is 6.37. The van der Waals surface area contributed by atoms with E-state index in [1.54, 1.807) is 6.92 Å². The molecule has 0 aliphatic carbocycles. The first-order valence-electron chi connectivity index (χ1n) is 5.56. The highest BCUT2D eigenvalue weighted by Crippen LogP contribution is 2.41. The highest BCUT2D eigenvalue weighted by Gasteiger charge is 2.23. The maximum Gasteiger partial charge on any atom is 0.348 e. The average molecular weight is 283 g/mol. The van der Waals surface area contributed by atoms with Crippen LogP contribution in [0.25, 0.3) is 10.4 Å². The Balaban J connectivity index is 2.76. The van der Waals surface area contributed by atoms with E-state index in [9.17, 15) is 13.6 Å². The number of hydrogen-bond acceptors (Lipinski definition) is 3. The van der Waals surface area contributed by atoms with Gasteiger partial charge in [0.25, 0.3) is 0 Å². The summed E-state index contributed by atoms with van der Waals surface area (Å²) in [5, 5.41) is 9.03. The highest BCUT2D eigenvalue weighted by atomic mass is 32.1. The van der Waals surface area contributed by atoms with Crippen molar-refractivity contribution in [1.82, 2.24) is 0 Å². The van der Waals surface area contributed by atoms with Crippen LogP contribution >= 0.6 is 11.3 Å². The van der Waals surface area contributed by atoms with Crippen LogP contribution in [-0.2, 0) is 6.42 Å². The Bertz CT molecular complexity index is 632. The number of anilines is 1. The molecule has 0 saturated heterocycles. The maximum atomic E-state index is 13.8. The SMILES string of the molecule is CCc1c(-c2c(F)cccc2F)sc(C(=O)O)c1N. The molecule has 0 aliphatic heterocycles. The largest absolute Gasteiger partial charge is 0.477 e. The molecule has 0 saturated carbocycles. The van der Waals surface area contributed by atoms with Crippen LogP contribution in [-0.4, -0.2) is 11.1 Å². The van der Waals surface area contributed by atoms with E-state index in [0.29, 0.717) is 12.0 Å². The summed E-state index contributed by atoms with van der Waals surface area (Å²) in [5.74, 6) is -2.65. The molecule has 19 heavy (non-hydrogen) atoms. The summed E-state index contributed by atoms with van der Waals surface area (Å²) in [6.07, 6.45) is 0.402. The van der Waals surface area contributed by atoms with E-state index < -0.39 is 17.6 Å². The molecule has 1 aromatic carbocycles. The van der Waals surface area contributed by atoms with Gasteiger partial charge in [0.05, 0.1) is 11.3 Å². The molecule has 0 bridgehead atoms. The van der Waals surface area contributed by atoms with Crippen LogP contribution in [0.1, 0.15) is 22.2 Å². The van der Waals surface area contributed by atoms with Crippen molar-refractivity contribution in [1.29, 1.82) is 0 Å². The van der Waals surface area contributed by atoms with Gasteiger partial charge in [0.2, 0.25) is 0 Å². The molecular formula is C13H11F2NO2S. The number of halogens is 2. The Morgan fingerprint density at radius 2 is 1.95 bits per heavy atom. The molecule has 0 fully saturated rings. The molecule has 0 radical (unpaired) electrons. The zero-order valence-electron chi connectivity index (χ0n) is 10.0. The fraction of sp³-hybridized carbons (Fsp3) is 0.154. The van der Waals surface area contributed by atoms with Gasteiger partial charge in [-0.15, -0.1) is 11.3 Å². The number of benzene rings is 1. The minimum atomic E-state index is -1.19. The molecule has 3 N–H and O–H groups in total. The van der Waals surface area contributed by atoms with Gasteiger partial charge < -0.3 is 10.8 Å². The third-order valence-electron chi connectivity index (χ3n) is 2.79. The molecule has 0 amide bonds. The predicted octanol–water partition coefficient (Wildman–Crippen LogP) is 3.54. The number of rotatable bonds is 3. The highest BCUT2D eigenvalue weighted by molar-refractivity contribution is 7.18. The lowest BCUT2D eigenvalue weighted by Gasteiger charge is -2.05. The molecule has 0 spiro atoms. The molecular weight excluding hydrogens is 272 g/mol. The summed E-state index contributed by atoms with van der Waals surface area (Å²) in [5.41, 5.74) is 6.06. The first kappa shape index (κ1) is 13.5. The fourth-order valence-electron chi connectivity index (χ4n) is 1.90. The van der Waals surface area contributed by atoms with Crippen molar-refractivity contribution in [2.75, 3.05) is 5.73 Å². The molecule has 2 aromatic rings. The number of hydrogen-bond donors (Lipinski definition) is 2. The zero-order valence-corrected chi connectivity index (χ0v) is 10.9. The molecule has 3 nitrogen and oxygen atoms in total. The Morgan fingerprint density at radius 3 is 2.42 bits per heavy atom. The number of carboxylic acids is 1. The van der Waals surface area contributed by atoms with Gasteiger partial charge in [-0.3, -0.25) is 0 Å². The summed E-state index contributed by atoms with van der Waals surface area (Å²) >= 11 is 0.796.